The molecule has 3 aromatic rings. The number of aromatic nitrogens is 3. The lowest BCUT2D eigenvalue weighted by atomic mass is 10.2. The van der Waals surface area contributed by atoms with Crippen molar-refractivity contribution in [3.63, 3.8) is 0 Å². The van der Waals surface area contributed by atoms with Crippen molar-refractivity contribution < 1.29 is 0 Å². The molecule has 0 atom stereocenters. The molecule has 19 heavy (non-hydrogen) atoms. The molecule has 0 unspecified atom stereocenters. The Morgan fingerprint density at radius 3 is 2.89 bits per heavy atom. The van der Waals surface area contributed by atoms with E-state index in [2.05, 4.69) is 9.97 Å². The molecule has 0 saturated heterocycles. The van der Waals surface area contributed by atoms with Gasteiger partial charge in [0.15, 0.2) is 5.43 Å². The lowest BCUT2D eigenvalue weighted by Crippen LogP contribution is -2.10. The summed E-state index contributed by atoms with van der Waals surface area (Å²) in [6.07, 6.45) is 3.46. The number of nitrogens with zero attached hydrogens (tertiary/aromatic N) is 3. The fraction of sp³-hybridized carbons (Fsp3) is 0.133. The van der Waals surface area contributed by atoms with Crippen molar-refractivity contribution in [2.75, 3.05) is 0 Å². The zero-order valence-corrected chi connectivity index (χ0v) is 10.6. The first kappa shape index (κ1) is 11.6. The second-order valence-electron chi connectivity index (χ2n) is 4.45. The third kappa shape index (κ3) is 2.25. The fourth-order valence-electron chi connectivity index (χ4n) is 2.13. The van der Waals surface area contributed by atoms with Gasteiger partial charge in [-0.3, -0.25) is 9.78 Å². The summed E-state index contributed by atoms with van der Waals surface area (Å²) >= 11 is 0. The van der Waals surface area contributed by atoms with Crippen LogP contribution < -0.4 is 5.43 Å². The first-order chi connectivity index (χ1) is 9.24. The average molecular weight is 251 g/mol. The molecule has 0 spiro atoms. The molecule has 0 aliphatic carbocycles. The summed E-state index contributed by atoms with van der Waals surface area (Å²) in [7, 11) is 0. The van der Waals surface area contributed by atoms with Gasteiger partial charge < -0.3 is 4.57 Å². The second-order valence-corrected chi connectivity index (χ2v) is 4.45. The molecule has 0 fully saturated rings. The Balaban J connectivity index is 2.11. The highest BCUT2D eigenvalue weighted by Gasteiger charge is 2.04. The standard InChI is InChI=1S/C15H13N3O/c1-11-4-2-5-12(17-11)10-18-9-7-14(19)13-6-3-8-16-15(13)18/h2-9H,10H2,1H3. The molecule has 0 saturated carbocycles. The molecule has 4 nitrogen and oxygen atoms in total. The van der Waals surface area contributed by atoms with E-state index in [1.165, 1.54) is 0 Å². The maximum Gasteiger partial charge on any atom is 0.191 e. The van der Waals surface area contributed by atoms with E-state index in [0.717, 1.165) is 11.4 Å². The van der Waals surface area contributed by atoms with Crippen LogP contribution in [0, 0.1) is 6.92 Å². The maximum absolute atomic E-state index is 11.8. The zero-order chi connectivity index (χ0) is 13.2. The lowest BCUT2D eigenvalue weighted by Gasteiger charge is -2.09. The second kappa shape index (κ2) is 4.65. The van der Waals surface area contributed by atoms with Gasteiger partial charge in [0.05, 0.1) is 17.6 Å². The largest absolute Gasteiger partial charge is 0.326 e. The number of aryl methyl sites for hydroxylation is 1. The SMILES string of the molecule is Cc1cccc(Cn2ccc(=O)c3cccnc32)n1. The van der Waals surface area contributed by atoms with Crippen molar-refractivity contribution in [3.05, 3.63) is 70.4 Å². The topological polar surface area (TPSA) is 47.8 Å². The quantitative estimate of drug-likeness (QED) is 0.701. The highest BCUT2D eigenvalue weighted by Crippen LogP contribution is 2.08. The van der Waals surface area contributed by atoms with Gasteiger partial charge in [0.1, 0.15) is 5.65 Å². The Kier molecular flexibility index (Phi) is 2.83. The number of hydrogen-bond acceptors (Lipinski definition) is 3. The molecule has 0 bridgehead atoms. The van der Waals surface area contributed by atoms with Gasteiger partial charge in [-0.15, -0.1) is 0 Å². The van der Waals surface area contributed by atoms with Gasteiger partial charge in [-0.25, -0.2) is 4.98 Å². The lowest BCUT2D eigenvalue weighted by molar-refractivity contribution is 0.783. The van der Waals surface area contributed by atoms with E-state index in [-0.39, 0.29) is 5.43 Å². The van der Waals surface area contributed by atoms with E-state index < -0.39 is 0 Å². The molecular formula is C15H13N3O. The van der Waals surface area contributed by atoms with Crippen LogP contribution in [0.15, 0.2) is 53.6 Å². The average Bonchev–Trinajstić information content (AvgIpc) is 2.42. The Hall–Kier alpha value is -2.49. The molecule has 0 radical (unpaired) electrons. The van der Waals surface area contributed by atoms with Crippen LogP contribution in [0.1, 0.15) is 11.4 Å². The summed E-state index contributed by atoms with van der Waals surface area (Å²) in [5, 5.41) is 0.637. The van der Waals surface area contributed by atoms with Gasteiger partial charge in [0, 0.05) is 24.2 Å². The number of hydrogen-bond donors (Lipinski definition) is 0. The van der Waals surface area contributed by atoms with Crippen molar-refractivity contribution in [2.24, 2.45) is 0 Å². The summed E-state index contributed by atoms with van der Waals surface area (Å²) in [5.74, 6) is 0. The summed E-state index contributed by atoms with van der Waals surface area (Å²) in [4.78, 5) is 20.5. The molecule has 4 heteroatoms. The van der Waals surface area contributed by atoms with Gasteiger partial charge in [-0.2, -0.15) is 0 Å². The first-order valence-electron chi connectivity index (χ1n) is 6.11. The van der Waals surface area contributed by atoms with Crippen LogP contribution >= 0.6 is 0 Å². The first-order valence-corrected chi connectivity index (χ1v) is 6.11. The van der Waals surface area contributed by atoms with Crippen LogP contribution in [0.2, 0.25) is 0 Å². The molecular weight excluding hydrogens is 238 g/mol. The molecule has 3 rings (SSSR count). The molecule has 94 valence electrons. The number of rotatable bonds is 2. The van der Waals surface area contributed by atoms with Gasteiger partial charge >= 0.3 is 0 Å². The van der Waals surface area contributed by atoms with Crippen LogP contribution in [-0.4, -0.2) is 14.5 Å². The van der Waals surface area contributed by atoms with E-state index in [0.29, 0.717) is 17.6 Å². The Labute approximate surface area is 110 Å². The molecule has 3 heterocycles. The third-order valence-electron chi connectivity index (χ3n) is 3.01. The monoisotopic (exact) mass is 251 g/mol. The molecule has 0 aromatic carbocycles. The predicted molar refractivity (Wildman–Crippen MR) is 74.1 cm³/mol. The van der Waals surface area contributed by atoms with Gasteiger partial charge in [0.2, 0.25) is 0 Å². The highest BCUT2D eigenvalue weighted by atomic mass is 16.1. The minimum atomic E-state index is -0.00319. The molecule has 0 aliphatic heterocycles. The smallest absolute Gasteiger partial charge is 0.191 e. The number of pyridine rings is 3. The highest BCUT2D eigenvalue weighted by molar-refractivity contribution is 5.74. The molecule has 0 N–H and O–H groups in total. The van der Waals surface area contributed by atoms with Gasteiger partial charge in [-0.1, -0.05) is 6.07 Å². The van der Waals surface area contributed by atoms with E-state index in [9.17, 15) is 4.79 Å². The van der Waals surface area contributed by atoms with Gasteiger partial charge in [0.25, 0.3) is 0 Å². The van der Waals surface area contributed by atoms with Crippen LogP contribution in [-0.2, 0) is 6.54 Å². The number of fused-ring (bicyclic) bond motifs is 1. The zero-order valence-electron chi connectivity index (χ0n) is 10.6. The maximum atomic E-state index is 11.8. The van der Waals surface area contributed by atoms with Crippen molar-refractivity contribution in [2.45, 2.75) is 13.5 Å². The summed E-state index contributed by atoms with van der Waals surface area (Å²) < 4.78 is 1.94. The van der Waals surface area contributed by atoms with Crippen molar-refractivity contribution in [3.8, 4) is 0 Å². The van der Waals surface area contributed by atoms with Gasteiger partial charge in [-0.05, 0) is 31.2 Å². The van der Waals surface area contributed by atoms with E-state index in [1.807, 2.05) is 29.7 Å². The molecule has 0 aliphatic rings. The van der Waals surface area contributed by atoms with Crippen molar-refractivity contribution >= 4 is 11.0 Å². The Morgan fingerprint density at radius 1 is 1.16 bits per heavy atom. The van der Waals surface area contributed by atoms with Crippen LogP contribution in [0.5, 0.6) is 0 Å². The van der Waals surface area contributed by atoms with Crippen molar-refractivity contribution in [1.82, 2.24) is 14.5 Å². The Bertz CT molecular complexity index is 792. The van der Waals surface area contributed by atoms with Crippen LogP contribution in [0.4, 0.5) is 0 Å². The minimum Gasteiger partial charge on any atom is -0.326 e. The summed E-state index contributed by atoms with van der Waals surface area (Å²) in [6.45, 7) is 2.57. The molecule has 3 aromatic heterocycles. The van der Waals surface area contributed by atoms with E-state index in [1.54, 1.807) is 30.6 Å². The van der Waals surface area contributed by atoms with E-state index in [4.69, 9.17) is 0 Å². The summed E-state index contributed by atoms with van der Waals surface area (Å²) in [5.41, 5.74) is 2.63. The minimum absolute atomic E-state index is 0.00319. The Morgan fingerprint density at radius 2 is 2.05 bits per heavy atom. The molecule has 0 amide bonds. The normalized spacial score (nSPS) is 10.8. The van der Waals surface area contributed by atoms with Crippen LogP contribution in [0.25, 0.3) is 11.0 Å². The third-order valence-corrected chi connectivity index (χ3v) is 3.01. The fourth-order valence-corrected chi connectivity index (χ4v) is 2.13. The van der Waals surface area contributed by atoms with E-state index >= 15 is 0 Å². The van der Waals surface area contributed by atoms with Crippen LogP contribution in [0.3, 0.4) is 0 Å². The predicted octanol–water partition coefficient (Wildman–Crippen LogP) is 2.15. The van der Waals surface area contributed by atoms with Crippen molar-refractivity contribution in [1.29, 1.82) is 0 Å². The summed E-state index contributed by atoms with van der Waals surface area (Å²) in [6, 6.07) is 11.1.